The lowest BCUT2D eigenvalue weighted by molar-refractivity contribution is -0.103. The SMILES string of the molecule is Cc1c(F)cc(C(=O)OC2COC2)cc1S(=O)(=O)Cl. The second-order valence-corrected chi connectivity index (χ2v) is 6.62. The van der Waals surface area contributed by atoms with Gasteiger partial charge in [0.1, 0.15) is 11.9 Å². The molecule has 1 aliphatic rings. The second-order valence-electron chi connectivity index (χ2n) is 4.08. The summed E-state index contributed by atoms with van der Waals surface area (Å²) in [5.41, 5.74) is -0.340. The third-order valence-corrected chi connectivity index (χ3v) is 4.12. The van der Waals surface area contributed by atoms with Crippen molar-refractivity contribution in [2.45, 2.75) is 17.9 Å². The second kappa shape index (κ2) is 5.07. The Balaban J connectivity index is 2.36. The Kier molecular flexibility index (Phi) is 3.80. The number of carbonyl (C=O) groups excluding carboxylic acids is 1. The number of hydrogen-bond acceptors (Lipinski definition) is 5. The van der Waals surface area contributed by atoms with Crippen LogP contribution in [0.3, 0.4) is 0 Å². The molecule has 104 valence electrons. The van der Waals surface area contributed by atoms with Crippen molar-refractivity contribution in [2.24, 2.45) is 0 Å². The molecule has 0 aromatic heterocycles. The van der Waals surface area contributed by atoms with Crippen LogP contribution in [0.2, 0.25) is 0 Å². The number of halogens is 2. The molecule has 0 amide bonds. The Morgan fingerprint density at radius 3 is 2.58 bits per heavy atom. The molecule has 1 aromatic rings. The molecular weight excluding hydrogens is 299 g/mol. The predicted molar refractivity (Wildman–Crippen MR) is 64.2 cm³/mol. The van der Waals surface area contributed by atoms with Crippen LogP contribution in [0.15, 0.2) is 17.0 Å². The van der Waals surface area contributed by atoms with Gasteiger partial charge in [-0.15, -0.1) is 0 Å². The van der Waals surface area contributed by atoms with Crippen LogP contribution in [-0.2, 0) is 18.5 Å². The summed E-state index contributed by atoms with van der Waals surface area (Å²) in [4.78, 5) is 11.3. The first-order chi connectivity index (χ1) is 8.79. The molecule has 0 bridgehead atoms. The number of benzene rings is 1. The number of ether oxygens (including phenoxy) is 2. The average molecular weight is 309 g/mol. The summed E-state index contributed by atoms with van der Waals surface area (Å²) in [6.45, 7) is 1.82. The summed E-state index contributed by atoms with van der Waals surface area (Å²) < 4.78 is 46.0. The predicted octanol–water partition coefficient (Wildman–Crippen LogP) is 1.62. The Morgan fingerprint density at radius 2 is 2.11 bits per heavy atom. The van der Waals surface area contributed by atoms with Crippen molar-refractivity contribution < 1.29 is 27.1 Å². The summed E-state index contributed by atoms with van der Waals surface area (Å²) in [5, 5.41) is 0. The minimum Gasteiger partial charge on any atom is -0.454 e. The lowest BCUT2D eigenvalue weighted by Gasteiger charge is -2.25. The molecular formula is C11H10ClFO5S. The van der Waals surface area contributed by atoms with Gasteiger partial charge in [-0.25, -0.2) is 17.6 Å². The fraction of sp³-hybridized carbons (Fsp3) is 0.364. The molecule has 1 aromatic carbocycles. The van der Waals surface area contributed by atoms with Crippen LogP contribution < -0.4 is 0 Å². The maximum atomic E-state index is 13.6. The van der Waals surface area contributed by atoms with Crippen LogP contribution in [0.5, 0.6) is 0 Å². The summed E-state index contributed by atoms with van der Waals surface area (Å²) in [5.74, 6) is -1.65. The van der Waals surface area contributed by atoms with Gasteiger partial charge in [0.25, 0.3) is 9.05 Å². The Hall–Kier alpha value is -1.18. The van der Waals surface area contributed by atoms with Gasteiger partial charge in [-0.3, -0.25) is 0 Å². The maximum absolute atomic E-state index is 13.6. The van der Waals surface area contributed by atoms with E-state index in [0.717, 1.165) is 12.1 Å². The van der Waals surface area contributed by atoms with Crippen LogP contribution in [0.25, 0.3) is 0 Å². The fourth-order valence-corrected chi connectivity index (χ4v) is 2.74. The lowest BCUT2D eigenvalue weighted by Crippen LogP contribution is -2.37. The first-order valence-corrected chi connectivity index (χ1v) is 7.63. The molecule has 0 radical (unpaired) electrons. The molecule has 1 aliphatic heterocycles. The zero-order valence-corrected chi connectivity index (χ0v) is 11.4. The van der Waals surface area contributed by atoms with Crippen molar-refractivity contribution in [3.8, 4) is 0 Å². The molecule has 0 atom stereocenters. The summed E-state index contributed by atoms with van der Waals surface area (Å²) in [7, 11) is 1.06. The molecule has 0 aliphatic carbocycles. The van der Waals surface area contributed by atoms with Crippen molar-refractivity contribution in [1.29, 1.82) is 0 Å². The molecule has 2 rings (SSSR count). The number of hydrogen-bond donors (Lipinski definition) is 0. The van der Waals surface area contributed by atoms with Crippen LogP contribution >= 0.6 is 10.7 Å². The largest absolute Gasteiger partial charge is 0.454 e. The van der Waals surface area contributed by atoms with Gasteiger partial charge in [-0.1, -0.05) is 0 Å². The zero-order valence-electron chi connectivity index (χ0n) is 9.85. The summed E-state index contributed by atoms with van der Waals surface area (Å²) in [6.07, 6.45) is -0.382. The lowest BCUT2D eigenvalue weighted by atomic mass is 10.1. The molecule has 0 unspecified atom stereocenters. The van der Waals surface area contributed by atoms with E-state index in [2.05, 4.69) is 0 Å². The minimum atomic E-state index is -4.13. The van der Waals surface area contributed by atoms with E-state index in [0.29, 0.717) is 0 Å². The molecule has 1 fully saturated rings. The number of carbonyl (C=O) groups is 1. The summed E-state index contributed by atoms with van der Waals surface area (Å²) >= 11 is 0. The van der Waals surface area contributed by atoms with E-state index in [1.54, 1.807) is 0 Å². The van der Waals surface area contributed by atoms with Gasteiger partial charge in [0, 0.05) is 16.2 Å². The van der Waals surface area contributed by atoms with Gasteiger partial charge in [0.15, 0.2) is 0 Å². The highest BCUT2D eigenvalue weighted by Crippen LogP contribution is 2.24. The van der Waals surface area contributed by atoms with Gasteiger partial charge in [0.05, 0.1) is 23.7 Å². The number of esters is 1. The zero-order chi connectivity index (χ0) is 14.2. The number of rotatable bonds is 3. The van der Waals surface area contributed by atoms with Gasteiger partial charge < -0.3 is 9.47 Å². The van der Waals surface area contributed by atoms with E-state index in [-0.39, 0.29) is 30.4 Å². The van der Waals surface area contributed by atoms with Crippen LogP contribution in [-0.4, -0.2) is 33.7 Å². The maximum Gasteiger partial charge on any atom is 0.338 e. The molecule has 0 N–H and O–H groups in total. The molecule has 19 heavy (non-hydrogen) atoms. The topological polar surface area (TPSA) is 69.7 Å². The van der Waals surface area contributed by atoms with E-state index in [1.807, 2.05) is 0 Å². The molecule has 8 heteroatoms. The first kappa shape index (κ1) is 14.2. The molecule has 1 heterocycles. The van der Waals surface area contributed by atoms with Crippen molar-refractivity contribution in [1.82, 2.24) is 0 Å². The third kappa shape index (κ3) is 3.05. The van der Waals surface area contributed by atoms with E-state index in [1.165, 1.54) is 6.92 Å². The van der Waals surface area contributed by atoms with Crippen LogP contribution in [0, 0.1) is 12.7 Å². The van der Waals surface area contributed by atoms with Crippen molar-refractivity contribution in [2.75, 3.05) is 13.2 Å². The Labute approximate surface area is 113 Å². The fourth-order valence-electron chi connectivity index (χ4n) is 1.53. The van der Waals surface area contributed by atoms with Crippen molar-refractivity contribution in [3.05, 3.63) is 29.1 Å². The van der Waals surface area contributed by atoms with Crippen molar-refractivity contribution in [3.63, 3.8) is 0 Å². The molecule has 0 saturated carbocycles. The minimum absolute atomic E-state index is 0.140. The standard InChI is InChI=1S/C11H10ClFO5S/c1-6-9(13)2-7(3-10(6)19(12,15)16)11(14)18-8-4-17-5-8/h2-3,8H,4-5H2,1H3. The van der Waals surface area contributed by atoms with Crippen molar-refractivity contribution >= 4 is 25.7 Å². The highest BCUT2D eigenvalue weighted by Gasteiger charge is 2.26. The van der Waals surface area contributed by atoms with Crippen LogP contribution in [0.4, 0.5) is 4.39 Å². The van der Waals surface area contributed by atoms with Gasteiger partial charge in [-0.05, 0) is 19.1 Å². The smallest absolute Gasteiger partial charge is 0.338 e. The molecule has 1 saturated heterocycles. The quantitative estimate of drug-likeness (QED) is 0.627. The Bertz CT molecular complexity index is 624. The monoisotopic (exact) mass is 308 g/mol. The van der Waals surface area contributed by atoms with E-state index < -0.39 is 25.7 Å². The molecule has 5 nitrogen and oxygen atoms in total. The highest BCUT2D eigenvalue weighted by molar-refractivity contribution is 8.13. The van der Waals surface area contributed by atoms with Crippen LogP contribution in [0.1, 0.15) is 15.9 Å². The normalized spacial score (nSPS) is 15.9. The molecule has 0 spiro atoms. The van der Waals surface area contributed by atoms with Gasteiger partial charge in [0.2, 0.25) is 0 Å². The van der Waals surface area contributed by atoms with E-state index >= 15 is 0 Å². The Morgan fingerprint density at radius 1 is 1.47 bits per heavy atom. The third-order valence-electron chi connectivity index (χ3n) is 2.68. The summed E-state index contributed by atoms with van der Waals surface area (Å²) in [6, 6.07) is 1.92. The van der Waals surface area contributed by atoms with E-state index in [4.69, 9.17) is 20.2 Å². The first-order valence-electron chi connectivity index (χ1n) is 5.32. The van der Waals surface area contributed by atoms with E-state index in [9.17, 15) is 17.6 Å². The average Bonchev–Trinajstić information content (AvgIpc) is 2.25. The van der Waals surface area contributed by atoms with Gasteiger partial charge >= 0.3 is 5.97 Å². The highest BCUT2D eigenvalue weighted by atomic mass is 35.7. The van der Waals surface area contributed by atoms with Gasteiger partial charge in [-0.2, -0.15) is 0 Å².